The molecule has 3 heterocycles. The van der Waals surface area contributed by atoms with Gasteiger partial charge in [-0.15, -0.1) is 0 Å². The molecule has 1 aromatic carbocycles. The molecule has 1 aliphatic rings. The van der Waals surface area contributed by atoms with Crippen LogP contribution in [0.3, 0.4) is 0 Å². The number of piperazine rings is 1. The third kappa shape index (κ3) is 3.88. The number of carbonyl (C=O) groups is 1. The van der Waals surface area contributed by atoms with Crippen molar-refractivity contribution in [3.8, 4) is 0 Å². The Labute approximate surface area is 161 Å². The van der Waals surface area contributed by atoms with Crippen molar-refractivity contribution in [2.45, 2.75) is 0 Å². The molecule has 9 heteroatoms. The lowest BCUT2D eigenvalue weighted by molar-refractivity contribution is 0.102. The van der Waals surface area contributed by atoms with E-state index < -0.39 is 11.7 Å². The molecule has 1 N–H and O–H groups in total. The molecule has 1 fully saturated rings. The molecule has 0 bridgehead atoms. The van der Waals surface area contributed by atoms with E-state index in [1.165, 1.54) is 24.4 Å². The summed E-state index contributed by atoms with van der Waals surface area (Å²) in [6, 6.07) is 9.30. The highest BCUT2D eigenvalue weighted by Crippen LogP contribution is 2.16. The van der Waals surface area contributed by atoms with Gasteiger partial charge >= 0.3 is 0 Å². The molecule has 28 heavy (non-hydrogen) atoms. The molecule has 142 valence electrons. The number of halogens is 1. The predicted octanol–water partition coefficient (Wildman–Crippen LogP) is 1.98. The first-order chi connectivity index (χ1) is 13.7. The van der Waals surface area contributed by atoms with Gasteiger partial charge in [-0.2, -0.15) is 0 Å². The minimum Gasteiger partial charge on any atom is -0.337 e. The molecule has 0 unspecified atom stereocenters. The maximum Gasteiger partial charge on any atom is 0.274 e. The quantitative estimate of drug-likeness (QED) is 0.742. The lowest BCUT2D eigenvalue weighted by Crippen LogP contribution is -2.47. The molecule has 0 aliphatic carbocycles. The minimum absolute atomic E-state index is 0.115. The van der Waals surface area contributed by atoms with Gasteiger partial charge in [0.1, 0.15) is 11.5 Å². The van der Waals surface area contributed by atoms with Crippen molar-refractivity contribution < 1.29 is 9.18 Å². The van der Waals surface area contributed by atoms with Crippen LogP contribution in [-0.4, -0.2) is 52.0 Å². The van der Waals surface area contributed by atoms with Crippen molar-refractivity contribution in [1.82, 2.24) is 19.9 Å². The van der Waals surface area contributed by atoms with Crippen molar-refractivity contribution >= 4 is 23.5 Å². The largest absolute Gasteiger partial charge is 0.337 e. The van der Waals surface area contributed by atoms with E-state index in [4.69, 9.17) is 0 Å². The molecule has 0 atom stereocenters. The smallest absolute Gasteiger partial charge is 0.274 e. The summed E-state index contributed by atoms with van der Waals surface area (Å²) in [7, 11) is 0. The van der Waals surface area contributed by atoms with Crippen LogP contribution < -0.4 is 15.1 Å². The van der Waals surface area contributed by atoms with E-state index in [-0.39, 0.29) is 11.4 Å². The normalized spacial score (nSPS) is 14.0. The van der Waals surface area contributed by atoms with Gasteiger partial charge in [0.15, 0.2) is 0 Å². The minimum atomic E-state index is -0.496. The Morgan fingerprint density at radius 2 is 1.50 bits per heavy atom. The first-order valence-corrected chi connectivity index (χ1v) is 8.86. The SMILES string of the molecule is O=C(Nc1ccccc1F)c1ccnc(N2CCN(c3ncccn3)CC2)n1. The second kappa shape index (κ2) is 7.95. The lowest BCUT2D eigenvalue weighted by Gasteiger charge is -2.34. The van der Waals surface area contributed by atoms with Crippen molar-refractivity contribution in [3.05, 3.63) is 66.5 Å². The average Bonchev–Trinajstić information content (AvgIpc) is 2.76. The Morgan fingerprint density at radius 1 is 0.857 bits per heavy atom. The number of benzene rings is 1. The average molecular weight is 379 g/mol. The topological polar surface area (TPSA) is 87.1 Å². The molecule has 8 nitrogen and oxygen atoms in total. The van der Waals surface area contributed by atoms with Gasteiger partial charge in [-0.3, -0.25) is 4.79 Å². The fourth-order valence-electron chi connectivity index (χ4n) is 2.94. The van der Waals surface area contributed by atoms with Crippen LogP contribution in [0, 0.1) is 5.82 Å². The van der Waals surface area contributed by atoms with Crippen molar-refractivity contribution in [2.24, 2.45) is 0 Å². The summed E-state index contributed by atoms with van der Waals surface area (Å²) in [5, 5.41) is 2.54. The Morgan fingerprint density at radius 3 is 2.21 bits per heavy atom. The number of hydrogen-bond acceptors (Lipinski definition) is 7. The standard InChI is InChI=1S/C19H18FN7O/c20-14-4-1-2-5-15(14)24-17(28)16-6-9-23-19(25-16)27-12-10-26(11-13-27)18-21-7-3-8-22-18/h1-9H,10-13H2,(H,24,28). The Balaban J connectivity index is 1.43. The Hall–Kier alpha value is -3.62. The van der Waals surface area contributed by atoms with Crippen LogP contribution in [0.2, 0.25) is 0 Å². The number of anilines is 3. The second-order valence-corrected chi connectivity index (χ2v) is 6.20. The van der Waals surface area contributed by atoms with Crippen LogP contribution in [-0.2, 0) is 0 Å². The van der Waals surface area contributed by atoms with Crippen LogP contribution in [0.4, 0.5) is 22.0 Å². The van der Waals surface area contributed by atoms with E-state index in [0.29, 0.717) is 25.0 Å². The molecule has 2 aromatic heterocycles. The second-order valence-electron chi connectivity index (χ2n) is 6.20. The Kier molecular flexibility index (Phi) is 5.05. The third-order valence-electron chi connectivity index (χ3n) is 4.40. The molecule has 1 saturated heterocycles. The van der Waals surface area contributed by atoms with Gasteiger partial charge in [0.05, 0.1) is 5.69 Å². The number of carbonyl (C=O) groups excluding carboxylic acids is 1. The van der Waals surface area contributed by atoms with E-state index >= 15 is 0 Å². The summed E-state index contributed by atoms with van der Waals surface area (Å²) in [6.45, 7) is 2.80. The zero-order valence-corrected chi connectivity index (χ0v) is 15.0. The summed E-state index contributed by atoms with van der Waals surface area (Å²) in [4.78, 5) is 33.7. The summed E-state index contributed by atoms with van der Waals surface area (Å²) < 4.78 is 13.7. The number of hydrogen-bond donors (Lipinski definition) is 1. The van der Waals surface area contributed by atoms with Gasteiger partial charge in [0, 0.05) is 44.8 Å². The van der Waals surface area contributed by atoms with Crippen LogP contribution in [0.25, 0.3) is 0 Å². The van der Waals surface area contributed by atoms with Gasteiger partial charge in [0.25, 0.3) is 5.91 Å². The first-order valence-electron chi connectivity index (χ1n) is 8.86. The molecule has 0 radical (unpaired) electrons. The Bertz CT molecular complexity index is 961. The maximum absolute atomic E-state index is 13.7. The van der Waals surface area contributed by atoms with Gasteiger partial charge in [-0.1, -0.05) is 12.1 Å². The summed E-state index contributed by atoms with van der Waals surface area (Å²) in [5.74, 6) is 0.186. The van der Waals surface area contributed by atoms with Crippen molar-refractivity contribution in [1.29, 1.82) is 0 Å². The number of aromatic nitrogens is 4. The van der Waals surface area contributed by atoms with E-state index in [2.05, 4.69) is 30.2 Å². The number of nitrogens with one attached hydrogen (secondary N) is 1. The fraction of sp³-hybridized carbons (Fsp3) is 0.211. The highest BCUT2D eigenvalue weighted by Gasteiger charge is 2.21. The highest BCUT2D eigenvalue weighted by atomic mass is 19.1. The highest BCUT2D eigenvalue weighted by molar-refractivity contribution is 6.03. The summed E-state index contributed by atoms with van der Waals surface area (Å²) >= 11 is 0. The first kappa shape index (κ1) is 17.8. The summed E-state index contributed by atoms with van der Waals surface area (Å²) in [6.07, 6.45) is 4.97. The summed E-state index contributed by atoms with van der Waals surface area (Å²) in [5.41, 5.74) is 0.297. The van der Waals surface area contributed by atoms with Gasteiger partial charge in [0.2, 0.25) is 11.9 Å². The van der Waals surface area contributed by atoms with Crippen LogP contribution >= 0.6 is 0 Å². The van der Waals surface area contributed by atoms with Crippen molar-refractivity contribution in [3.63, 3.8) is 0 Å². The number of amides is 1. The molecule has 0 saturated carbocycles. The molecular formula is C19H18FN7O. The molecule has 1 aliphatic heterocycles. The van der Waals surface area contributed by atoms with Crippen LogP contribution in [0.15, 0.2) is 55.0 Å². The maximum atomic E-state index is 13.7. The van der Waals surface area contributed by atoms with Crippen LogP contribution in [0.5, 0.6) is 0 Å². The number of nitrogens with zero attached hydrogens (tertiary/aromatic N) is 6. The van der Waals surface area contributed by atoms with E-state index in [1.807, 2.05) is 4.90 Å². The van der Waals surface area contributed by atoms with E-state index in [0.717, 1.165) is 13.1 Å². The van der Waals surface area contributed by atoms with Gasteiger partial charge < -0.3 is 15.1 Å². The van der Waals surface area contributed by atoms with E-state index in [9.17, 15) is 9.18 Å². The van der Waals surface area contributed by atoms with Gasteiger partial charge in [-0.25, -0.2) is 24.3 Å². The third-order valence-corrected chi connectivity index (χ3v) is 4.40. The number of rotatable bonds is 4. The predicted molar refractivity (Wildman–Crippen MR) is 103 cm³/mol. The lowest BCUT2D eigenvalue weighted by atomic mass is 10.3. The van der Waals surface area contributed by atoms with Gasteiger partial charge in [-0.05, 0) is 24.3 Å². The molecular weight excluding hydrogens is 361 g/mol. The zero-order valence-electron chi connectivity index (χ0n) is 15.0. The molecule has 0 spiro atoms. The number of para-hydroxylation sites is 1. The monoisotopic (exact) mass is 379 g/mol. The molecule has 3 aromatic rings. The van der Waals surface area contributed by atoms with Crippen molar-refractivity contribution in [2.75, 3.05) is 41.3 Å². The fourth-order valence-corrected chi connectivity index (χ4v) is 2.94. The van der Waals surface area contributed by atoms with Crippen LogP contribution in [0.1, 0.15) is 10.5 Å². The molecule has 1 amide bonds. The van der Waals surface area contributed by atoms with E-state index in [1.54, 1.807) is 30.6 Å². The molecule has 4 rings (SSSR count). The zero-order chi connectivity index (χ0) is 19.3.